The number of rotatable bonds is 2. The number of hydrogen-bond acceptors (Lipinski definition) is 4. The van der Waals surface area contributed by atoms with E-state index in [1.54, 1.807) is 13.1 Å². The number of nitrogens with zero attached hydrogens (tertiary/aromatic N) is 3. The number of imidazole rings is 1. The second kappa shape index (κ2) is 5.05. The third-order valence-electron chi connectivity index (χ3n) is 4.21. The lowest BCUT2D eigenvalue weighted by molar-refractivity contribution is -0.114. The topological polar surface area (TPSA) is 59.8 Å². The number of anilines is 1. The van der Waals surface area contributed by atoms with Crippen molar-refractivity contribution in [3.8, 4) is 0 Å². The van der Waals surface area contributed by atoms with Crippen LogP contribution in [0.4, 0.5) is 5.95 Å². The third-order valence-corrected chi connectivity index (χ3v) is 4.21. The summed E-state index contributed by atoms with van der Waals surface area (Å²) in [5, 5.41) is 3.27. The highest BCUT2D eigenvalue weighted by Crippen LogP contribution is 2.38. The predicted molar refractivity (Wildman–Crippen MR) is 89.1 cm³/mol. The molecule has 0 saturated carbocycles. The molecule has 5 heteroatoms. The lowest BCUT2D eigenvalue weighted by Crippen LogP contribution is -2.27. The standard InChI is InChI=1S/C18H16N4O/c1-11-16(12(2)23)17(13-6-5-9-19-10-13)22-15-8-4-3-7-14(15)21-18(22)20-11/h3-10,17H,1-2H3,(H,20,21)/t17-/m0/s1. The molecule has 4 rings (SSSR count). The number of nitrogens with one attached hydrogen (secondary N) is 1. The molecule has 0 aliphatic carbocycles. The van der Waals surface area contributed by atoms with Crippen molar-refractivity contribution in [3.05, 3.63) is 65.6 Å². The van der Waals surface area contributed by atoms with Crippen LogP contribution in [0.25, 0.3) is 11.0 Å². The van der Waals surface area contributed by atoms with Crippen LogP contribution in [-0.2, 0) is 4.79 Å². The number of benzene rings is 1. The van der Waals surface area contributed by atoms with Crippen LogP contribution in [0.5, 0.6) is 0 Å². The van der Waals surface area contributed by atoms with Crippen LogP contribution in [0.2, 0.25) is 0 Å². The quantitative estimate of drug-likeness (QED) is 0.789. The molecule has 1 aliphatic rings. The van der Waals surface area contributed by atoms with E-state index in [9.17, 15) is 4.79 Å². The molecule has 0 unspecified atom stereocenters. The smallest absolute Gasteiger partial charge is 0.209 e. The van der Waals surface area contributed by atoms with Gasteiger partial charge in [-0.25, -0.2) is 4.98 Å². The summed E-state index contributed by atoms with van der Waals surface area (Å²) in [6.07, 6.45) is 3.55. The Morgan fingerprint density at radius 1 is 1.22 bits per heavy atom. The highest BCUT2D eigenvalue weighted by molar-refractivity contribution is 5.97. The Kier molecular flexibility index (Phi) is 3.01. The fraction of sp³-hybridized carbons (Fsp3) is 0.167. The Morgan fingerprint density at radius 3 is 2.78 bits per heavy atom. The van der Waals surface area contributed by atoms with Gasteiger partial charge in [-0.3, -0.25) is 14.3 Å². The molecule has 1 atom stereocenters. The average Bonchev–Trinajstić information content (AvgIpc) is 2.91. The Bertz CT molecular complexity index is 940. The van der Waals surface area contributed by atoms with Crippen LogP contribution in [0, 0.1) is 0 Å². The molecular weight excluding hydrogens is 288 g/mol. The number of para-hydroxylation sites is 2. The number of aromatic nitrogens is 3. The Balaban J connectivity index is 2.05. The predicted octanol–water partition coefficient (Wildman–Crippen LogP) is 3.31. The minimum absolute atomic E-state index is 0.0484. The Labute approximate surface area is 133 Å². The highest BCUT2D eigenvalue weighted by Gasteiger charge is 2.32. The van der Waals surface area contributed by atoms with Gasteiger partial charge >= 0.3 is 0 Å². The molecule has 0 fully saturated rings. The van der Waals surface area contributed by atoms with Gasteiger partial charge in [-0.05, 0) is 37.6 Å². The van der Waals surface area contributed by atoms with Crippen molar-refractivity contribution in [2.24, 2.45) is 0 Å². The van der Waals surface area contributed by atoms with E-state index in [-0.39, 0.29) is 11.8 Å². The van der Waals surface area contributed by atoms with Gasteiger partial charge in [-0.15, -0.1) is 0 Å². The number of carbonyl (C=O) groups excluding carboxylic acids is 1. The molecule has 0 bridgehead atoms. The van der Waals surface area contributed by atoms with Gasteiger partial charge in [0.05, 0.1) is 17.1 Å². The number of carbonyl (C=O) groups is 1. The molecule has 0 amide bonds. The van der Waals surface area contributed by atoms with Crippen molar-refractivity contribution in [2.75, 3.05) is 5.32 Å². The van der Waals surface area contributed by atoms with Crippen LogP contribution < -0.4 is 5.32 Å². The van der Waals surface area contributed by atoms with E-state index in [1.165, 1.54) is 0 Å². The maximum atomic E-state index is 12.3. The molecule has 114 valence electrons. The number of fused-ring (bicyclic) bond motifs is 3. The van der Waals surface area contributed by atoms with Crippen molar-refractivity contribution in [1.29, 1.82) is 0 Å². The van der Waals surface area contributed by atoms with Crippen molar-refractivity contribution >= 4 is 22.8 Å². The number of hydrogen-bond donors (Lipinski definition) is 1. The zero-order valence-electron chi connectivity index (χ0n) is 12.9. The van der Waals surface area contributed by atoms with Gasteiger partial charge in [0.25, 0.3) is 0 Å². The van der Waals surface area contributed by atoms with Crippen LogP contribution in [0.15, 0.2) is 60.1 Å². The molecule has 1 N–H and O–H groups in total. The largest absolute Gasteiger partial charge is 0.329 e. The van der Waals surface area contributed by atoms with E-state index in [1.807, 2.05) is 49.5 Å². The summed E-state index contributed by atoms with van der Waals surface area (Å²) in [5.74, 6) is 0.801. The summed E-state index contributed by atoms with van der Waals surface area (Å²) < 4.78 is 2.08. The molecule has 0 spiro atoms. The molecule has 0 saturated heterocycles. The first kappa shape index (κ1) is 13.7. The minimum atomic E-state index is -0.218. The number of pyridine rings is 1. The lowest BCUT2D eigenvalue weighted by Gasteiger charge is -2.29. The summed E-state index contributed by atoms with van der Waals surface area (Å²) in [7, 11) is 0. The molecular formula is C18H16N4O. The first-order chi connectivity index (χ1) is 11.2. The Hall–Kier alpha value is -2.95. The monoisotopic (exact) mass is 304 g/mol. The molecule has 5 nitrogen and oxygen atoms in total. The minimum Gasteiger partial charge on any atom is -0.329 e. The second-order valence-corrected chi connectivity index (χ2v) is 5.70. The number of Topliss-reactive ketones (excluding diaryl/α,β-unsaturated/α-hetero) is 1. The van der Waals surface area contributed by atoms with E-state index in [0.717, 1.165) is 33.8 Å². The fourth-order valence-corrected chi connectivity index (χ4v) is 3.27. The van der Waals surface area contributed by atoms with E-state index in [2.05, 4.69) is 19.9 Å². The van der Waals surface area contributed by atoms with E-state index in [4.69, 9.17) is 0 Å². The maximum Gasteiger partial charge on any atom is 0.209 e. The normalized spacial score (nSPS) is 17.0. The van der Waals surface area contributed by atoms with Gasteiger partial charge in [0.15, 0.2) is 5.78 Å². The van der Waals surface area contributed by atoms with Gasteiger partial charge < -0.3 is 5.32 Å². The summed E-state index contributed by atoms with van der Waals surface area (Å²) in [5.41, 5.74) is 4.46. The average molecular weight is 304 g/mol. The van der Waals surface area contributed by atoms with Crippen molar-refractivity contribution in [3.63, 3.8) is 0 Å². The molecule has 0 radical (unpaired) electrons. The summed E-state index contributed by atoms with van der Waals surface area (Å²) in [6.45, 7) is 3.52. The molecule has 2 aromatic heterocycles. The van der Waals surface area contributed by atoms with Crippen molar-refractivity contribution < 1.29 is 4.79 Å². The summed E-state index contributed by atoms with van der Waals surface area (Å²) in [4.78, 5) is 21.2. The summed E-state index contributed by atoms with van der Waals surface area (Å²) >= 11 is 0. The second-order valence-electron chi connectivity index (χ2n) is 5.70. The van der Waals surface area contributed by atoms with Crippen molar-refractivity contribution in [2.45, 2.75) is 19.9 Å². The third kappa shape index (κ3) is 2.04. The highest BCUT2D eigenvalue weighted by atomic mass is 16.1. The number of ketones is 1. The Morgan fingerprint density at radius 2 is 2.04 bits per heavy atom. The van der Waals surface area contributed by atoms with Gasteiger partial charge in [0.1, 0.15) is 0 Å². The molecule has 1 aromatic carbocycles. The molecule has 1 aliphatic heterocycles. The molecule has 3 aromatic rings. The van der Waals surface area contributed by atoms with E-state index < -0.39 is 0 Å². The van der Waals surface area contributed by atoms with E-state index in [0.29, 0.717) is 0 Å². The van der Waals surface area contributed by atoms with Crippen LogP contribution >= 0.6 is 0 Å². The summed E-state index contributed by atoms with van der Waals surface area (Å²) in [6, 6.07) is 11.6. The van der Waals surface area contributed by atoms with Crippen molar-refractivity contribution in [1.82, 2.24) is 14.5 Å². The first-order valence-corrected chi connectivity index (χ1v) is 7.52. The molecule has 23 heavy (non-hydrogen) atoms. The first-order valence-electron chi connectivity index (χ1n) is 7.52. The zero-order chi connectivity index (χ0) is 16.0. The van der Waals surface area contributed by atoms with Gasteiger partial charge in [-0.1, -0.05) is 18.2 Å². The van der Waals surface area contributed by atoms with E-state index >= 15 is 0 Å². The zero-order valence-corrected chi connectivity index (χ0v) is 12.9. The fourth-order valence-electron chi connectivity index (χ4n) is 3.27. The van der Waals surface area contributed by atoms with Crippen LogP contribution in [0.1, 0.15) is 25.5 Å². The van der Waals surface area contributed by atoms with Gasteiger partial charge in [0, 0.05) is 23.7 Å². The molecule has 3 heterocycles. The maximum absolute atomic E-state index is 12.3. The SMILES string of the molecule is CC(=O)C1=C(C)Nc2nc3ccccc3n2[C@H]1c1cccnc1. The van der Waals surface area contributed by atoms with Gasteiger partial charge in [0.2, 0.25) is 5.95 Å². The van der Waals surface area contributed by atoms with Crippen LogP contribution in [-0.4, -0.2) is 20.3 Å². The van der Waals surface area contributed by atoms with Crippen LogP contribution in [0.3, 0.4) is 0 Å². The lowest BCUT2D eigenvalue weighted by atomic mass is 9.93. The number of allylic oxidation sites excluding steroid dienone is 2. The van der Waals surface area contributed by atoms with Gasteiger partial charge in [-0.2, -0.15) is 0 Å².